The number of aryl methyl sites for hydroxylation is 2. The minimum atomic E-state index is 0.152. The molecule has 104 valence electrons. The van der Waals surface area contributed by atoms with Crippen LogP contribution in [0.25, 0.3) is 0 Å². The molecule has 1 aliphatic carbocycles. The second kappa shape index (κ2) is 6.85. The Hall–Kier alpha value is -1.16. The minimum Gasteiger partial charge on any atom is -0.492 e. The summed E-state index contributed by atoms with van der Waals surface area (Å²) in [5, 5.41) is 2.98. The number of ether oxygens (including phenoxy) is 1. The van der Waals surface area contributed by atoms with Crippen molar-refractivity contribution in [2.45, 2.75) is 32.7 Å². The first-order valence-electron chi connectivity index (χ1n) is 6.72. The second-order valence-electron chi connectivity index (χ2n) is 5.01. The molecule has 1 aromatic carbocycles. The van der Waals surface area contributed by atoms with Crippen molar-refractivity contribution < 1.29 is 9.53 Å². The van der Waals surface area contributed by atoms with Gasteiger partial charge in [-0.05, 0) is 43.9 Å². The quantitative estimate of drug-likeness (QED) is 0.780. The van der Waals surface area contributed by atoms with E-state index >= 15 is 0 Å². The summed E-state index contributed by atoms with van der Waals surface area (Å²) >= 11 is 1.62. The molecule has 0 aliphatic heterocycles. The monoisotopic (exact) mass is 279 g/mol. The smallest absolute Gasteiger partial charge is 0.230 e. The highest BCUT2D eigenvalue weighted by molar-refractivity contribution is 7.99. The third-order valence-electron chi connectivity index (χ3n) is 3.00. The van der Waals surface area contributed by atoms with Gasteiger partial charge in [0.1, 0.15) is 5.75 Å². The van der Waals surface area contributed by atoms with Crippen LogP contribution < -0.4 is 10.1 Å². The normalized spacial score (nSPS) is 14.2. The first kappa shape index (κ1) is 14.3. The van der Waals surface area contributed by atoms with Crippen LogP contribution >= 0.6 is 11.8 Å². The Kier molecular flexibility index (Phi) is 5.14. The zero-order valence-electron chi connectivity index (χ0n) is 11.6. The maximum Gasteiger partial charge on any atom is 0.230 e. The Labute approximate surface area is 119 Å². The van der Waals surface area contributed by atoms with E-state index in [1.165, 1.54) is 5.56 Å². The van der Waals surface area contributed by atoms with Crippen molar-refractivity contribution in [3.05, 3.63) is 29.3 Å². The van der Waals surface area contributed by atoms with Crippen LogP contribution in [-0.4, -0.2) is 30.1 Å². The maximum atomic E-state index is 11.5. The molecular formula is C15H21NO2S. The summed E-state index contributed by atoms with van der Waals surface area (Å²) in [5.74, 6) is 2.47. The van der Waals surface area contributed by atoms with Crippen molar-refractivity contribution in [3.8, 4) is 5.75 Å². The molecule has 0 aromatic heterocycles. The summed E-state index contributed by atoms with van der Waals surface area (Å²) in [4.78, 5) is 11.5. The van der Waals surface area contributed by atoms with E-state index in [2.05, 4.69) is 30.4 Å². The van der Waals surface area contributed by atoms with Gasteiger partial charge in [0.05, 0.1) is 12.4 Å². The molecule has 0 atom stereocenters. The van der Waals surface area contributed by atoms with Crippen LogP contribution in [0.5, 0.6) is 5.75 Å². The molecule has 3 nitrogen and oxygen atoms in total. The van der Waals surface area contributed by atoms with E-state index in [9.17, 15) is 4.79 Å². The fourth-order valence-electron chi connectivity index (χ4n) is 1.74. The van der Waals surface area contributed by atoms with Gasteiger partial charge in [-0.3, -0.25) is 4.79 Å². The Morgan fingerprint density at radius 2 is 2.21 bits per heavy atom. The SMILES string of the molecule is Cc1ccc(C)c(OCCSCC(=O)NC2CC2)c1. The average molecular weight is 279 g/mol. The second-order valence-corrected chi connectivity index (χ2v) is 6.12. The van der Waals surface area contributed by atoms with Crippen molar-refractivity contribution in [2.75, 3.05) is 18.1 Å². The van der Waals surface area contributed by atoms with Crippen LogP contribution in [0, 0.1) is 13.8 Å². The summed E-state index contributed by atoms with van der Waals surface area (Å²) in [6, 6.07) is 6.67. The number of carbonyl (C=O) groups is 1. The Morgan fingerprint density at radius 1 is 1.42 bits per heavy atom. The number of carbonyl (C=O) groups excluding carboxylic acids is 1. The summed E-state index contributed by atoms with van der Waals surface area (Å²) < 4.78 is 5.74. The number of thioether (sulfide) groups is 1. The van der Waals surface area contributed by atoms with E-state index in [0.29, 0.717) is 18.4 Å². The third-order valence-corrected chi connectivity index (χ3v) is 3.93. The van der Waals surface area contributed by atoms with E-state index in [1.807, 2.05) is 6.92 Å². The molecule has 1 aromatic rings. The van der Waals surface area contributed by atoms with E-state index in [1.54, 1.807) is 11.8 Å². The van der Waals surface area contributed by atoms with Crippen molar-refractivity contribution in [1.29, 1.82) is 0 Å². The number of hydrogen-bond acceptors (Lipinski definition) is 3. The summed E-state index contributed by atoms with van der Waals surface area (Å²) in [6.07, 6.45) is 2.29. The molecule has 19 heavy (non-hydrogen) atoms. The lowest BCUT2D eigenvalue weighted by Gasteiger charge is -2.09. The molecule has 0 bridgehead atoms. The first-order valence-corrected chi connectivity index (χ1v) is 7.88. The van der Waals surface area contributed by atoms with Crippen molar-refractivity contribution in [3.63, 3.8) is 0 Å². The largest absolute Gasteiger partial charge is 0.492 e. The summed E-state index contributed by atoms with van der Waals surface area (Å²) in [7, 11) is 0. The molecule has 4 heteroatoms. The average Bonchev–Trinajstić information content (AvgIpc) is 3.17. The van der Waals surface area contributed by atoms with Gasteiger partial charge in [0, 0.05) is 11.8 Å². The zero-order valence-corrected chi connectivity index (χ0v) is 12.4. The maximum absolute atomic E-state index is 11.5. The Balaban J connectivity index is 1.60. The molecule has 0 radical (unpaired) electrons. The first-order chi connectivity index (χ1) is 9.15. The highest BCUT2D eigenvalue weighted by Gasteiger charge is 2.22. The van der Waals surface area contributed by atoms with Gasteiger partial charge in [-0.1, -0.05) is 12.1 Å². The minimum absolute atomic E-state index is 0.152. The predicted octanol–water partition coefficient (Wildman–Crippen LogP) is 2.69. The molecule has 1 amide bonds. The fourth-order valence-corrected chi connectivity index (χ4v) is 2.35. The van der Waals surface area contributed by atoms with Gasteiger partial charge in [-0.2, -0.15) is 0 Å². The van der Waals surface area contributed by atoms with Gasteiger partial charge in [0.25, 0.3) is 0 Å². The van der Waals surface area contributed by atoms with Crippen LogP contribution in [0.1, 0.15) is 24.0 Å². The van der Waals surface area contributed by atoms with Crippen molar-refractivity contribution in [1.82, 2.24) is 5.32 Å². The van der Waals surface area contributed by atoms with Crippen LogP contribution in [0.2, 0.25) is 0 Å². The van der Waals surface area contributed by atoms with Gasteiger partial charge in [0.2, 0.25) is 5.91 Å². The summed E-state index contributed by atoms with van der Waals surface area (Å²) in [6.45, 7) is 4.75. The Morgan fingerprint density at radius 3 is 2.95 bits per heavy atom. The molecule has 1 aliphatic rings. The van der Waals surface area contributed by atoms with E-state index in [-0.39, 0.29) is 5.91 Å². The Bertz CT molecular complexity index is 444. The number of benzene rings is 1. The van der Waals surface area contributed by atoms with Gasteiger partial charge >= 0.3 is 0 Å². The van der Waals surface area contributed by atoms with Crippen LogP contribution in [0.4, 0.5) is 0 Å². The van der Waals surface area contributed by atoms with Crippen molar-refractivity contribution >= 4 is 17.7 Å². The molecule has 0 heterocycles. The number of rotatable bonds is 7. The molecular weight excluding hydrogens is 258 g/mol. The standard InChI is InChI=1S/C15H21NO2S/c1-11-3-4-12(2)14(9-11)18-7-8-19-10-15(17)16-13-5-6-13/h3-4,9,13H,5-8,10H2,1-2H3,(H,16,17). The van der Waals surface area contributed by atoms with E-state index in [4.69, 9.17) is 4.74 Å². The number of nitrogens with one attached hydrogen (secondary N) is 1. The third kappa shape index (κ3) is 5.15. The molecule has 0 unspecified atom stereocenters. The lowest BCUT2D eigenvalue weighted by Crippen LogP contribution is -2.27. The lowest BCUT2D eigenvalue weighted by molar-refractivity contribution is -0.118. The molecule has 2 rings (SSSR count). The molecule has 0 spiro atoms. The van der Waals surface area contributed by atoms with Crippen LogP contribution in [-0.2, 0) is 4.79 Å². The van der Waals surface area contributed by atoms with Crippen LogP contribution in [0.15, 0.2) is 18.2 Å². The van der Waals surface area contributed by atoms with Crippen molar-refractivity contribution in [2.24, 2.45) is 0 Å². The summed E-state index contributed by atoms with van der Waals surface area (Å²) in [5.41, 5.74) is 2.36. The van der Waals surface area contributed by atoms with E-state index < -0.39 is 0 Å². The lowest BCUT2D eigenvalue weighted by atomic mass is 10.1. The van der Waals surface area contributed by atoms with Crippen LogP contribution in [0.3, 0.4) is 0 Å². The van der Waals surface area contributed by atoms with Gasteiger partial charge in [0.15, 0.2) is 0 Å². The predicted molar refractivity (Wildman–Crippen MR) is 79.9 cm³/mol. The molecule has 1 saturated carbocycles. The number of amides is 1. The van der Waals surface area contributed by atoms with Gasteiger partial charge < -0.3 is 10.1 Å². The molecule has 1 fully saturated rings. The molecule has 1 N–H and O–H groups in total. The fraction of sp³-hybridized carbons (Fsp3) is 0.533. The van der Waals surface area contributed by atoms with Gasteiger partial charge in [-0.15, -0.1) is 11.8 Å². The highest BCUT2D eigenvalue weighted by atomic mass is 32.2. The van der Waals surface area contributed by atoms with Gasteiger partial charge in [-0.25, -0.2) is 0 Å². The van der Waals surface area contributed by atoms with E-state index in [0.717, 1.165) is 29.9 Å². The highest BCUT2D eigenvalue weighted by Crippen LogP contribution is 2.20. The molecule has 0 saturated heterocycles. The topological polar surface area (TPSA) is 38.3 Å². The zero-order chi connectivity index (χ0) is 13.7. The number of hydrogen-bond donors (Lipinski definition) is 1.